The molecule has 7 aliphatic rings. The van der Waals surface area contributed by atoms with Gasteiger partial charge in [-0.1, -0.05) is 48.5 Å². The minimum absolute atomic E-state index is 0.0164. The molecule has 0 aromatic rings. The summed E-state index contributed by atoms with van der Waals surface area (Å²) in [4.78, 5) is 26.4. The van der Waals surface area contributed by atoms with E-state index in [1.807, 2.05) is 0 Å². The molecule has 0 bridgehead atoms. The van der Waals surface area contributed by atoms with Crippen LogP contribution in [0.5, 0.6) is 0 Å². The first-order valence-electron chi connectivity index (χ1n) is 17.4. The predicted molar refractivity (Wildman–Crippen MR) is 162 cm³/mol. The van der Waals surface area contributed by atoms with Crippen molar-refractivity contribution < 1.29 is 28.9 Å². The van der Waals surface area contributed by atoms with E-state index in [0.717, 1.165) is 58.0 Å². The van der Waals surface area contributed by atoms with Crippen molar-refractivity contribution in [3.63, 3.8) is 0 Å². The van der Waals surface area contributed by atoms with Crippen LogP contribution in [-0.4, -0.2) is 65.8 Å². The number of aliphatic hydroxyl groups is 1. The fraction of sp³-hybridized carbons (Fsp3) is 0.943. The lowest BCUT2D eigenvalue weighted by Gasteiger charge is -2.63. The van der Waals surface area contributed by atoms with Gasteiger partial charge in [0.25, 0.3) is 0 Å². The van der Waals surface area contributed by atoms with Crippen LogP contribution in [0.1, 0.15) is 106 Å². The molecule has 7 rings (SSSR count). The number of hydrogen-bond acceptors (Lipinski definition) is 6. The summed E-state index contributed by atoms with van der Waals surface area (Å²) in [5.41, 5.74) is 5.62. The van der Waals surface area contributed by atoms with Crippen LogP contribution in [0.4, 0.5) is 9.59 Å². The molecule has 5 saturated carbocycles. The number of likely N-dealkylation sites (tertiary alicyclic amines) is 1. The molecule has 5 aliphatic carbocycles. The van der Waals surface area contributed by atoms with Crippen LogP contribution in [0.3, 0.4) is 0 Å². The zero-order valence-electron chi connectivity index (χ0n) is 27.6. The van der Waals surface area contributed by atoms with Crippen LogP contribution in [0.2, 0.25) is 0 Å². The maximum atomic E-state index is 12.9. The molecule has 13 atom stereocenters. The Kier molecular flexibility index (Phi) is 6.65. The second kappa shape index (κ2) is 9.49. The zero-order chi connectivity index (χ0) is 30.9. The van der Waals surface area contributed by atoms with Gasteiger partial charge in [0.2, 0.25) is 0 Å². The highest BCUT2D eigenvalue weighted by atomic mass is 16.6. The van der Waals surface area contributed by atoms with Crippen LogP contribution in [0.25, 0.3) is 0 Å². The lowest BCUT2D eigenvalue weighted by Crippen LogP contribution is -2.60. The summed E-state index contributed by atoms with van der Waals surface area (Å²) in [5, 5.41) is 12.5. The second-order valence-electron chi connectivity index (χ2n) is 17.4. The normalized spacial score (nSPS) is 51.5. The highest BCUT2D eigenvalue weighted by molar-refractivity contribution is 5.68. The number of hydrogen-bond donors (Lipinski definition) is 2. The molecule has 2 heterocycles. The largest absolute Gasteiger partial charge is 0.446 e. The molecule has 8 heteroatoms. The summed E-state index contributed by atoms with van der Waals surface area (Å²) in [6, 6.07) is 0. The molecule has 7 fully saturated rings. The lowest BCUT2D eigenvalue weighted by atomic mass is 9.41. The van der Waals surface area contributed by atoms with Crippen molar-refractivity contribution >= 4 is 12.2 Å². The molecule has 3 unspecified atom stereocenters. The third kappa shape index (κ3) is 3.74. The van der Waals surface area contributed by atoms with E-state index in [-0.39, 0.29) is 69.4 Å². The fourth-order valence-corrected chi connectivity index (χ4v) is 13.2. The van der Waals surface area contributed by atoms with Crippen LogP contribution in [0, 0.1) is 56.7 Å². The number of nitrogens with two attached hydrogens (primary N) is 1. The third-order valence-corrected chi connectivity index (χ3v) is 15.4. The van der Waals surface area contributed by atoms with E-state index in [0.29, 0.717) is 17.8 Å². The van der Waals surface area contributed by atoms with Crippen LogP contribution >= 0.6 is 0 Å². The van der Waals surface area contributed by atoms with Gasteiger partial charge in [-0.05, 0) is 104 Å². The Morgan fingerprint density at radius 3 is 2.30 bits per heavy atom. The Bertz CT molecular complexity index is 1170. The number of nitrogens with zero attached hydrogens (tertiary/aromatic N) is 1. The van der Waals surface area contributed by atoms with Gasteiger partial charge in [0, 0.05) is 23.9 Å². The standard InChI is InChI=1S/C35H56N2O6/c1-19(2)26(43-30(40)37-15-8-16-37)21-17-20(3)25-27(41-21)28(38)33(7)23-10-9-22-31(4,5)24(42-29(36)39)11-12-34(22)18-35(23,34)14-13-32(25,33)6/h19-28,38H,8-18H2,1-7H3,(H2,36,39)/t20-,21?,22+,23?,24+,25+,26-,27?,28+,32-,33-,34-,35+/m1/s1. The molecule has 242 valence electrons. The number of rotatable bonds is 4. The summed E-state index contributed by atoms with van der Waals surface area (Å²) in [5.74, 6) is 1.72. The summed E-state index contributed by atoms with van der Waals surface area (Å²) in [6.45, 7) is 17.6. The smallest absolute Gasteiger partial charge is 0.410 e. The summed E-state index contributed by atoms with van der Waals surface area (Å²) >= 11 is 0. The molecule has 3 N–H and O–H groups in total. The third-order valence-electron chi connectivity index (χ3n) is 15.4. The Morgan fingerprint density at radius 2 is 1.67 bits per heavy atom. The number of carbonyl (C=O) groups excluding carboxylic acids is 2. The average Bonchev–Trinajstić information content (AvgIpc) is 3.52. The average molecular weight is 601 g/mol. The SMILES string of the molecule is CC(C)[C@@H](OC(=O)N1CCC1)C1C[C@@H](C)[C@H]2C(O1)[C@H](O)[C@@]1(C)C3CC[C@H]4C(C)(C)[C@@H](OC(N)=O)CC[C@@]45C[C@@]35CC[C@]21C. The molecular weight excluding hydrogens is 544 g/mol. The first-order valence-corrected chi connectivity index (χ1v) is 17.4. The second-order valence-corrected chi connectivity index (χ2v) is 17.4. The molecule has 0 aromatic heterocycles. The van der Waals surface area contributed by atoms with Gasteiger partial charge in [0.05, 0.1) is 18.3 Å². The molecule has 2 spiro atoms. The van der Waals surface area contributed by atoms with Crippen LogP contribution in [0.15, 0.2) is 0 Å². The van der Waals surface area contributed by atoms with E-state index >= 15 is 0 Å². The Hall–Kier alpha value is -1.54. The molecule has 2 saturated heterocycles. The highest BCUT2D eigenvalue weighted by Crippen LogP contribution is 2.89. The summed E-state index contributed by atoms with van der Waals surface area (Å²) in [6.07, 6.45) is 7.28. The topological polar surface area (TPSA) is 111 Å². The maximum Gasteiger partial charge on any atom is 0.410 e. The van der Waals surface area contributed by atoms with Gasteiger partial charge in [-0.15, -0.1) is 0 Å². The number of ether oxygens (including phenoxy) is 3. The quantitative estimate of drug-likeness (QED) is 0.402. The van der Waals surface area contributed by atoms with Gasteiger partial charge in [0.15, 0.2) is 0 Å². The van der Waals surface area contributed by atoms with E-state index in [2.05, 4.69) is 48.5 Å². The Morgan fingerprint density at radius 1 is 1.00 bits per heavy atom. The van der Waals surface area contributed by atoms with Crippen molar-refractivity contribution in [3.05, 3.63) is 0 Å². The van der Waals surface area contributed by atoms with Gasteiger partial charge in [-0.3, -0.25) is 0 Å². The van der Waals surface area contributed by atoms with Crippen molar-refractivity contribution in [1.82, 2.24) is 4.90 Å². The monoisotopic (exact) mass is 600 g/mol. The number of amides is 2. The van der Waals surface area contributed by atoms with Crippen LogP contribution < -0.4 is 5.73 Å². The minimum Gasteiger partial charge on any atom is -0.446 e. The van der Waals surface area contributed by atoms with Crippen molar-refractivity contribution in [2.45, 2.75) is 137 Å². The summed E-state index contributed by atoms with van der Waals surface area (Å²) < 4.78 is 18.8. The van der Waals surface area contributed by atoms with Gasteiger partial charge >= 0.3 is 12.2 Å². The number of aliphatic hydroxyl groups excluding tert-OH is 1. The molecule has 0 aromatic carbocycles. The van der Waals surface area contributed by atoms with Gasteiger partial charge in [-0.25, -0.2) is 9.59 Å². The maximum absolute atomic E-state index is 12.9. The number of fused-ring (bicyclic) bond motifs is 4. The molecule has 2 aliphatic heterocycles. The number of primary amides is 1. The van der Waals surface area contributed by atoms with Gasteiger partial charge in [0.1, 0.15) is 12.2 Å². The Balaban J connectivity index is 1.16. The molecule has 0 radical (unpaired) electrons. The summed E-state index contributed by atoms with van der Waals surface area (Å²) in [7, 11) is 0. The van der Waals surface area contributed by atoms with Gasteiger partial charge in [-0.2, -0.15) is 0 Å². The van der Waals surface area contributed by atoms with Crippen LogP contribution in [-0.2, 0) is 14.2 Å². The number of carbonyl (C=O) groups is 2. The predicted octanol–water partition coefficient (Wildman–Crippen LogP) is 6.13. The Labute approximate surface area is 258 Å². The molecular formula is C35H56N2O6. The fourth-order valence-electron chi connectivity index (χ4n) is 13.2. The first kappa shape index (κ1) is 30.1. The van der Waals surface area contributed by atoms with E-state index in [1.165, 1.54) is 12.8 Å². The minimum atomic E-state index is -0.659. The molecule has 8 nitrogen and oxygen atoms in total. The van der Waals surface area contributed by atoms with E-state index in [9.17, 15) is 14.7 Å². The highest BCUT2D eigenvalue weighted by Gasteiger charge is 2.84. The van der Waals surface area contributed by atoms with Crippen molar-refractivity contribution in [2.24, 2.45) is 62.4 Å². The molecule has 2 amide bonds. The lowest BCUT2D eigenvalue weighted by molar-refractivity contribution is -0.185. The van der Waals surface area contributed by atoms with E-state index in [1.54, 1.807) is 4.90 Å². The van der Waals surface area contributed by atoms with E-state index < -0.39 is 12.2 Å². The van der Waals surface area contributed by atoms with Crippen molar-refractivity contribution in [2.75, 3.05) is 13.1 Å². The van der Waals surface area contributed by atoms with Gasteiger partial charge < -0.3 is 30.0 Å². The van der Waals surface area contributed by atoms with E-state index in [4.69, 9.17) is 19.9 Å². The first-order chi connectivity index (χ1) is 20.1. The molecule has 43 heavy (non-hydrogen) atoms. The zero-order valence-corrected chi connectivity index (χ0v) is 27.6. The van der Waals surface area contributed by atoms with Crippen molar-refractivity contribution in [3.8, 4) is 0 Å². The van der Waals surface area contributed by atoms with Crippen molar-refractivity contribution in [1.29, 1.82) is 0 Å².